The van der Waals surface area contributed by atoms with Crippen LogP contribution in [0.3, 0.4) is 0 Å². The fourth-order valence-electron chi connectivity index (χ4n) is 2.37. The number of hydrogen-bond acceptors (Lipinski definition) is 4. The van der Waals surface area contributed by atoms with Crippen LogP contribution in [0.15, 0.2) is 54.9 Å². The van der Waals surface area contributed by atoms with Gasteiger partial charge in [0.1, 0.15) is 0 Å². The summed E-state index contributed by atoms with van der Waals surface area (Å²) in [6.07, 6.45) is 3.30. The molecule has 0 radical (unpaired) electrons. The van der Waals surface area contributed by atoms with E-state index in [4.69, 9.17) is 11.6 Å². The lowest BCUT2D eigenvalue weighted by atomic mass is 10.1. The molecule has 0 unspecified atom stereocenters. The third-order valence-corrected chi connectivity index (χ3v) is 3.89. The highest BCUT2D eigenvalue weighted by atomic mass is 35.5. The minimum Gasteiger partial charge on any atom is -0.465 e. The van der Waals surface area contributed by atoms with E-state index in [0.717, 1.165) is 10.8 Å². The van der Waals surface area contributed by atoms with Gasteiger partial charge in [-0.2, -0.15) is 0 Å². The number of hydrogen-bond donors (Lipinski definition) is 1. The van der Waals surface area contributed by atoms with Crippen molar-refractivity contribution in [1.82, 2.24) is 4.98 Å². The molecule has 120 valence electrons. The fourth-order valence-corrected chi connectivity index (χ4v) is 2.53. The molecule has 0 aliphatic rings. The number of pyridine rings is 1. The average Bonchev–Trinajstić information content (AvgIpc) is 2.62. The van der Waals surface area contributed by atoms with Crippen molar-refractivity contribution < 1.29 is 14.3 Å². The van der Waals surface area contributed by atoms with Gasteiger partial charge in [-0.3, -0.25) is 9.78 Å². The zero-order chi connectivity index (χ0) is 17.1. The van der Waals surface area contributed by atoms with E-state index in [1.807, 2.05) is 12.1 Å². The largest absolute Gasteiger partial charge is 0.465 e. The number of nitrogens with zero attached hydrogens (tertiary/aromatic N) is 1. The van der Waals surface area contributed by atoms with E-state index >= 15 is 0 Å². The van der Waals surface area contributed by atoms with Gasteiger partial charge in [0.2, 0.25) is 0 Å². The van der Waals surface area contributed by atoms with Crippen LogP contribution in [0.5, 0.6) is 0 Å². The van der Waals surface area contributed by atoms with Gasteiger partial charge in [-0.1, -0.05) is 23.7 Å². The van der Waals surface area contributed by atoms with Crippen molar-refractivity contribution in [3.63, 3.8) is 0 Å². The number of carbonyl (C=O) groups excluding carboxylic acids is 2. The summed E-state index contributed by atoms with van der Waals surface area (Å²) >= 11 is 6.11. The van der Waals surface area contributed by atoms with E-state index in [2.05, 4.69) is 15.0 Å². The number of halogens is 1. The van der Waals surface area contributed by atoms with Crippen LogP contribution in [-0.4, -0.2) is 24.0 Å². The summed E-state index contributed by atoms with van der Waals surface area (Å²) < 4.78 is 4.68. The SMILES string of the molecule is COC(=O)c1ccc(Cl)c(NC(=O)c2cccc3ccncc23)c1. The van der Waals surface area contributed by atoms with E-state index in [1.54, 1.807) is 24.5 Å². The van der Waals surface area contributed by atoms with Gasteiger partial charge in [-0.05, 0) is 35.7 Å². The molecule has 5 nitrogen and oxygen atoms in total. The Balaban J connectivity index is 1.96. The smallest absolute Gasteiger partial charge is 0.337 e. The number of esters is 1. The van der Waals surface area contributed by atoms with E-state index in [0.29, 0.717) is 21.8 Å². The average molecular weight is 341 g/mol. The Kier molecular flexibility index (Phi) is 4.44. The summed E-state index contributed by atoms with van der Waals surface area (Å²) in [4.78, 5) is 28.3. The summed E-state index contributed by atoms with van der Waals surface area (Å²) in [5, 5.41) is 4.70. The van der Waals surface area contributed by atoms with E-state index in [9.17, 15) is 9.59 Å². The van der Waals surface area contributed by atoms with E-state index in [-0.39, 0.29) is 5.91 Å². The van der Waals surface area contributed by atoms with Crippen LogP contribution in [0.2, 0.25) is 5.02 Å². The van der Waals surface area contributed by atoms with Crippen LogP contribution >= 0.6 is 11.6 Å². The van der Waals surface area contributed by atoms with Gasteiger partial charge in [-0.15, -0.1) is 0 Å². The number of aromatic nitrogens is 1. The molecule has 0 atom stereocenters. The minimum absolute atomic E-state index is 0.303. The summed E-state index contributed by atoms with van der Waals surface area (Å²) in [5.74, 6) is -0.839. The maximum absolute atomic E-state index is 12.6. The molecule has 6 heteroatoms. The van der Waals surface area contributed by atoms with Gasteiger partial charge in [0.05, 0.1) is 23.4 Å². The molecule has 1 heterocycles. The van der Waals surface area contributed by atoms with Crippen LogP contribution < -0.4 is 5.32 Å². The molecule has 0 spiro atoms. The van der Waals surface area contributed by atoms with Crippen molar-refractivity contribution in [3.05, 3.63) is 71.0 Å². The number of methoxy groups -OCH3 is 1. The Morgan fingerprint density at radius 3 is 2.79 bits per heavy atom. The molecule has 0 aliphatic carbocycles. The van der Waals surface area contributed by atoms with Gasteiger partial charge in [0.15, 0.2) is 0 Å². The molecule has 1 N–H and O–H groups in total. The second kappa shape index (κ2) is 6.68. The third kappa shape index (κ3) is 3.07. The highest BCUT2D eigenvalue weighted by Gasteiger charge is 2.14. The van der Waals surface area contributed by atoms with Crippen molar-refractivity contribution in [3.8, 4) is 0 Å². The van der Waals surface area contributed by atoms with Crippen molar-refractivity contribution >= 4 is 39.9 Å². The van der Waals surface area contributed by atoms with Gasteiger partial charge < -0.3 is 10.1 Å². The summed E-state index contributed by atoms with van der Waals surface area (Å²) in [6, 6.07) is 11.8. The first-order valence-corrected chi connectivity index (χ1v) is 7.50. The van der Waals surface area contributed by atoms with Gasteiger partial charge >= 0.3 is 5.97 Å². The molecule has 3 rings (SSSR count). The summed E-state index contributed by atoms with van der Waals surface area (Å²) in [6.45, 7) is 0. The van der Waals surface area contributed by atoms with Crippen LogP contribution in [0, 0.1) is 0 Å². The second-order valence-corrected chi connectivity index (χ2v) is 5.45. The molecule has 2 aromatic carbocycles. The van der Waals surface area contributed by atoms with Crippen molar-refractivity contribution in [2.24, 2.45) is 0 Å². The van der Waals surface area contributed by atoms with Gasteiger partial charge in [-0.25, -0.2) is 4.79 Å². The number of nitrogens with one attached hydrogen (secondary N) is 1. The molecule has 3 aromatic rings. The Morgan fingerprint density at radius 1 is 1.17 bits per heavy atom. The standard InChI is InChI=1S/C18H13ClN2O3/c1-24-18(23)12-5-6-15(19)16(9-12)21-17(22)13-4-2-3-11-7-8-20-10-14(11)13/h2-10H,1H3,(H,21,22). The first kappa shape index (κ1) is 16.0. The number of ether oxygens (including phenoxy) is 1. The molecular weight excluding hydrogens is 328 g/mol. The second-order valence-electron chi connectivity index (χ2n) is 5.04. The van der Waals surface area contributed by atoms with Crippen LogP contribution in [0.4, 0.5) is 5.69 Å². The highest BCUT2D eigenvalue weighted by Crippen LogP contribution is 2.25. The van der Waals surface area contributed by atoms with Gasteiger partial charge in [0.25, 0.3) is 5.91 Å². The molecule has 1 amide bonds. The lowest BCUT2D eigenvalue weighted by Crippen LogP contribution is -2.13. The Morgan fingerprint density at radius 2 is 2.00 bits per heavy atom. The molecule has 24 heavy (non-hydrogen) atoms. The Bertz CT molecular complexity index is 935. The van der Waals surface area contributed by atoms with Crippen molar-refractivity contribution in [2.45, 2.75) is 0 Å². The number of fused-ring (bicyclic) bond motifs is 1. The fraction of sp³-hybridized carbons (Fsp3) is 0.0556. The summed E-state index contributed by atoms with van der Waals surface area (Å²) in [7, 11) is 1.29. The highest BCUT2D eigenvalue weighted by molar-refractivity contribution is 6.34. The topological polar surface area (TPSA) is 68.3 Å². The maximum atomic E-state index is 12.6. The van der Waals surface area contributed by atoms with E-state index < -0.39 is 5.97 Å². The number of rotatable bonds is 3. The van der Waals surface area contributed by atoms with Crippen LogP contribution in [-0.2, 0) is 4.74 Å². The molecule has 0 aliphatic heterocycles. The predicted octanol–water partition coefficient (Wildman–Crippen LogP) is 3.93. The van der Waals surface area contributed by atoms with Crippen LogP contribution in [0.25, 0.3) is 10.8 Å². The molecular formula is C18H13ClN2O3. The maximum Gasteiger partial charge on any atom is 0.337 e. The summed E-state index contributed by atoms with van der Waals surface area (Å²) in [5.41, 5.74) is 1.11. The lowest BCUT2D eigenvalue weighted by molar-refractivity contribution is 0.0600. The van der Waals surface area contributed by atoms with Crippen molar-refractivity contribution in [1.29, 1.82) is 0 Å². The Hall–Kier alpha value is -2.92. The first-order valence-electron chi connectivity index (χ1n) is 7.12. The van der Waals surface area contributed by atoms with Crippen molar-refractivity contribution in [2.75, 3.05) is 12.4 Å². The monoisotopic (exact) mass is 340 g/mol. The normalized spacial score (nSPS) is 10.4. The number of carbonyl (C=O) groups is 2. The number of benzene rings is 2. The zero-order valence-corrected chi connectivity index (χ0v) is 13.5. The lowest BCUT2D eigenvalue weighted by Gasteiger charge is -2.10. The minimum atomic E-state index is -0.503. The quantitative estimate of drug-likeness (QED) is 0.733. The molecule has 0 bridgehead atoms. The van der Waals surface area contributed by atoms with E-state index in [1.165, 1.54) is 25.3 Å². The van der Waals surface area contributed by atoms with Gasteiger partial charge in [0, 0.05) is 23.3 Å². The predicted molar refractivity (Wildman–Crippen MR) is 92.5 cm³/mol. The first-order chi connectivity index (χ1) is 11.6. The zero-order valence-electron chi connectivity index (χ0n) is 12.7. The number of amides is 1. The third-order valence-electron chi connectivity index (χ3n) is 3.56. The Labute approximate surface area is 143 Å². The number of anilines is 1. The molecule has 1 aromatic heterocycles. The van der Waals surface area contributed by atoms with Crippen LogP contribution in [0.1, 0.15) is 20.7 Å². The molecule has 0 saturated heterocycles. The molecule has 0 saturated carbocycles. The molecule has 0 fully saturated rings.